The molecule has 0 unspecified atom stereocenters. The van der Waals surface area contributed by atoms with Crippen molar-refractivity contribution in [3.63, 3.8) is 0 Å². The van der Waals surface area contributed by atoms with Gasteiger partial charge in [-0.15, -0.1) is 0 Å². The maximum atomic E-state index is 13.5. The lowest BCUT2D eigenvalue weighted by atomic mass is 9.90. The van der Waals surface area contributed by atoms with E-state index in [1.54, 1.807) is 17.1 Å². The summed E-state index contributed by atoms with van der Waals surface area (Å²) >= 11 is 0. The van der Waals surface area contributed by atoms with Gasteiger partial charge in [0.25, 0.3) is 5.91 Å². The third kappa shape index (κ3) is 5.26. The highest BCUT2D eigenvalue weighted by Gasteiger charge is 2.34. The van der Waals surface area contributed by atoms with Crippen LogP contribution in [0.1, 0.15) is 42.0 Å². The molecule has 0 aliphatic carbocycles. The molecular weight excluding hydrogens is 425 g/mol. The summed E-state index contributed by atoms with van der Waals surface area (Å²) in [7, 11) is 0. The molecule has 5 rings (SSSR count). The van der Waals surface area contributed by atoms with Gasteiger partial charge >= 0.3 is 0 Å². The fourth-order valence-electron chi connectivity index (χ4n) is 5.05. The van der Waals surface area contributed by atoms with Gasteiger partial charge < -0.3 is 0 Å². The van der Waals surface area contributed by atoms with Gasteiger partial charge in [-0.05, 0) is 67.1 Å². The molecule has 5 heteroatoms. The summed E-state index contributed by atoms with van der Waals surface area (Å²) in [5, 5.41) is 6.39. The van der Waals surface area contributed by atoms with Gasteiger partial charge in [-0.2, -0.15) is 5.10 Å². The Morgan fingerprint density at radius 1 is 0.882 bits per heavy atom. The Morgan fingerprint density at radius 2 is 1.53 bits per heavy atom. The standard InChI is InChI=1S/C29H30FN3O/c30-26-13-11-25(12-14-26)28-20-27(24-9-5-2-6-10-24)31-33(28)29(34)21-32-17-15-23(16-18-32)19-22-7-3-1-4-8-22/h1-14,23,28H,15-21H2/t28-/m0/s1. The van der Waals surface area contributed by atoms with Gasteiger partial charge in [0.1, 0.15) is 5.82 Å². The molecule has 174 valence electrons. The van der Waals surface area contributed by atoms with Crippen LogP contribution in [0.4, 0.5) is 4.39 Å². The first-order valence-corrected chi connectivity index (χ1v) is 12.1. The molecule has 0 N–H and O–H groups in total. The Kier molecular flexibility index (Phi) is 6.82. The highest BCUT2D eigenvalue weighted by atomic mass is 19.1. The van der Waals surface area contributed by atoms with Gasteiger partial charge in [0, 0.05) is 6.42 Å². The number of halogens is 1. The van der Waals surface area contributed by atoms with Gasteiger partial charge in [0.15, 0.2) is 0 Å². The zero-order chi connectivity index (χ0) is 23.3. The Bertz CT molecular complexity index is 1120. The largest absolute Gasteiger partial charge is 0.294 e. The molecule has 3 aromatic carbocycles. The lowest BCUT2D eigenvalue weighted by Gasteiger charge is -2.33. The van der Waals surface area contributed by atoms with Crippen LogP contribution >= 0.6 is 0 Å². The highest BCUT2D eigenvalue weighted by Crippen LogP contribution is 2.33. The Hall–Kier alpha value is -3.31. The summed E-state index contributed by atoms with van der Waals surface area (Å²) in [6, 6.07) is 26.8. The molecule has 1 atom stereocenters. The number of piperidine rings is 1. The van der Waals surface area contributed by atoms with E-state index in [4.69, 9.17) is 5.10 Å². The molecule has 0 saturated carbocycles. The number of hydrogen-bond donors (Lipinski definition) is 0. The summed E-state index contributed by atoms with van der Waals surface area (Å²) in [6.07, 6.45) is 3.93. The third-order valence-electron chi connectivity index (χ3n) is 6.96. The number of carbonyl (C=O) groups is 1. The number of likely N-dealkylation sites (tertiary alicyclic amines) is 1. The maximum absolute atomic E-state index is 13.5. The van der Waals surface area contributed by atoms with Crippen LogP contribution in [0.5, 0.6) is 0 Å². The molecule has 4 nitrogen and oxygen atoms in total. The second kappa shape index (κ2) is 10.3. The highest BCUT2D eigenvalue weighted by molar-refractivity contribution is 6.03. The van der Waals surface area contributed by atoms with Gasteiger partial charge in [-0.25, -0.2) is 9.40 Å². The Morgan fingerprint density at radius 3 is 2.21 bits per heavy atom. The van der Waals surface area contributed by atoms with Gasteiger partial charge in [-0.3, -0.25) is 9.69 Å². The molecule has 2 aliphatic rings. The van der Waals surface area contributed by atoms with E-state index in [0.717, 1.165) is 49.2 Å². The van der Waals surface area contributed by atoms with Crippen molar-refractivity contribution in [2.45, 2.75) is 31.7 Å². The second-order valence-corrected chi connectivity index (χ2v) is 9.33. The molecule has 3 aromatic rings. The predicted octanol–water partition coefficient (Wildman–Crippen LogP) is 5.46. The molecule has 0 aromatic heterocycles. The summed E-state index contributed by atoms with van der Waals surface area (Å²) in [5.74, 6) is 0.388. The van der Waals surface area contributed by atoms with Crippen LogP contribution < -0.4 is 0 Å². The van der Waals surface area contributed by atoms with E-state index in [1.165, 1.54) is 17.7 Å². The van der Waals surface area contributed by atoms with Crippen LogP contribution in [0.15, 0.2) is 90.0 Å². The van der Waals surface area contributed by atoms with Crippen molar-refractivity contribution in [2.24, 2.45) is 11.0 Å². The summed E-state index contributed by atoms with van der Waals surface area (Å²) in [5.41, 5.74) is 4.21. The summed E-state index contributed by atoms with van der Waals surface area (Å²) < 4.78 is 13.5. The van der Waals surface area contributed by atoms with Crippen molar-refractivity contribution < 1.29 is 9.18 Å². The topological polar surface area (TPSA) is 35.9 Å². The molecule has 34 heavy (non-hydrogen) atoms. The zero-order valence-electron chi connectivity index (χ0n) is 19.3. The quantitative estimate of drug-likeness (QED) is 0.495. The first-order chi connectivity index (χ1) is 16.7. The average molecular weight is 456 g/mol. The van der Waals surface area contributed by atoms with E-state index in [1.807, 2.05) is 30.3 Å². The summed E-state index contributed by atoms with van der Waals surface area (Å²) in [4.78, 5) is 15.7. The lowest BCUT2D eigenvalue weighted by Crippen LogP contribution is -2.42. The molecule has 1 fully saturated rings. The molecule has 1 saturated heterocycles. The molecular formula is C29H30FN3O. The van der Waals surface area contributed by atoms with E-state index in [-0.39, 0.29) is 17.8 Å². The lowest BCUT2D eigenvalue weighted by molar-refractivity contribution is -0.134. The molecule has 0 spiro atoms. The maximum Gasteiger partial charge on any atom is 0.257 e. The molecule has 0 bridgehead atoms. The number of nitrogens with zero attached hydrogens (tertiary/aromatic N) is 3. The van der Waals surface area contributed by atoms with Crippen molar-refractivity contribution >= 4 is 11.6 Å². The summed E-state index contributed by atoms with van der Waals surface area (Å²) in [6.45, 7) is 2.21. The fraction of sp³-hybridized carbons (Fsp3) is 0.310. The van der Waals surface area contributed by atoms with Gasteiger partial charge in [0.05, 0.1) is 18.3 Å². The molecule has 2 heterocycles. The van der Waals surface area contributed by atoms with Crippen molar-refractivity contribution in [3.8, 4) is 0 Å². The second-order valence-electron chi connectivity index (χ2n) is 9.33. The van der Waals surface area contributed by atoms with Crippen LogP contribution in [-0.2, 0) is 11.2 Å². The van der Waals surface area contributed by atoms with Crippen molar-refractivity contribution in [1.29, 1.82) is 0 Å². The van der Waals surface area contributed by atoms with Crippen LogP contribution in [0.2, 0.25) is 0 Å². The number of hydrazone groups is 1. The smallest absolute Gasteiger partial charge is 0.257 e. The first-order valence-electron chi connectivity index (χ1n) is 12.1. The van der Waals surface area contributed by atoms with Crippen molar-refractivity contribution in [2.75, 3.05) is 19.6 Å². The van der Waals surface area contributed by atoms with Crippen LogP contribution in [-0.4, -0.2) is 41.2 Å². The Balaban J connectivity index is 1.25. The van der Waals surface area contributed by atoms with Gasteiger partial charge in [-0.1, -0.05) is 72.8 Å². The van der Waals surface area contributed by atoms with Crippen LogP contribution in [0.25, 0.3) is 0 Å². The predicted molar refractivity (Wildman–Crippen MR) is 133 cm³/mol. The van der Waals surface area contributed by atoms with Gasteiger partial charge in [0.2, 0.25) is 0 Å². The normalized spacial score (nSPS) is 19.3. The number of benzene rings is 3. The van der Waals surface area contributed by atoms with E-state index in [9.17, 15) is 9.18 Å². The molecule has 1 amide bonds. The average Bonchev–Trinajstić information content (AvgIpc) is 3.33. The van der Waals surface area contributed by atoms with E-state index in [2.05, 4.69) is 35.2 Å². The molecule has 2 aliphatic heterocycles. The SMILES string of the molecule is O=C(CN1CCC(Cc2ccccc2)CC1)N1N=C(c2ccccc2)C[C@H]1c1ccc(F)cc1. The van der Waals surface area contributed by atoms with Crippen LogP contribution in [0.3, 0.4) is 0 Å². The minimum absolute atomic E-state index is 0.00163. The zero-order valence-corrected chi connectivity index (χ0v) is 19.3. The van der Waals surface area contributed by atoms with Crippen molar-refractivity contribution in [1.82, 2.24) is 9.91 Å². The van der Waals surface area contributed by atoms with Crippen molar-refractivity contribution in [3.05, 3.63) is 107 Å². The van der Waals surface area contributed by atoms with E-state index in [0.29, 0.717) is 18.9 Å². The fourth-order valence-corrected chi connectivity index (χ4v) is 5.05. The number of hydrogen-bond acceptors (Lipinski definition) is 3. The van der Waals surface area contributed by atoms with Crippen LogP contribution in [0, 0.1) is 11.7 Å². The number of rotatable bonds is 6. The van der Waals surface area contributed by atoms with E-state index >= 15 is 0 Å². The number of carbonyl (C=O) groups excluding carboxylic acids is 1. The third-order valence-corrected chi connectivity index (χ3v) is 6.96. The monoisotopic (exact) mass is 455 g/mol. The minimum atomic E-state index is -0.276. The van der Waals surface area contributed by atoms with E-state index < -0.39 is 0 Å². The first kappa shape index (κ1) is 22.5. The number of amides is 1. The molecule has 0 radical (unpaired) electrons. The Labute approximate surface area is 200 Å². The minimum Gasteiger partial charge on any atom is -0.294 e.